The summed E-state index contributed by atoms with van der Waals surface area (Å²) in [6.07, 6.45) is 0.0849. The normalized spacial score (nSPS) is 10.4. The first-order valence-corrected chi connectivity index (χ1v) is 7.76. The highest BCUT2D eigenvalue weighted by molar-refractivity contribution is 6.05. The summed E-state index contributed by atoms with van der Waals surface area (Å²) < 4.78 is 5.56. The molecule has 2 amide bonds. The topological polar surface area (TPSA) is 58.6 Å². The Hall–Kier alpha value is -2.82. The van der Waals surface area contributed by atoms with Gasteiger partial charge >= 0.3 is 0 Å². The predicted molar refractivity (Wildman–Crippen MR) is 94.6 cm³/mol. The minimum atomic E-state index is -0.236. The number of benzene rings is 2. The molecule has 0 aliphatic rings. The Bertz CT molecular complexity index is 722. The third-order valence-corrected chi connectivity index (χ3v) is 3.26. The van der Waals surface area contributed by atoms with E-state index >= 15 is 0 Å². The van der Waals surface area contributed by atoms with Gasteiger partial charge in [-0.2, -0.15) is 0 Å². The molecule has 2 aromatic rings. The second-order valence-electron chi connectivity index (χ2n) is 5.93. The number of rotatable bonds is 5. The highest BCUT2D eigenvalue weighted by Crippen LogP contribution is 2.16. The van der Waals surface area contributed by atoms with Crippen molar-refractivity contribution >= 4 is 17.5 Å². The monoisotopic (exact) mass is 326 g/mol. The van der Waals surface area contributed by atoms with Crippen LogP contribution in [-0.2, 0) is 0 Å². The van der Waals surface area contributed by atoms with Crippen molar-refractivity contribution in [1.82, 2.24) is 4.90 Å². The molecule has 2 rings (SSSR count). The smallest absolute Gasteiger partial charge is 0.255 e. The lowest BCUT2D eigenvalue weighted by Gasteiger charge is -2.12. The molecule has 0 heterocycles. The first-order valence-electron chi connectivity index (χ1n) is 7.76. The molecule has 0 saturated heterocycles. The first kappa shape index (κ1) is 17.5. The van der Waals surface area contributed by atoms with Gasteiger partial charge in [0.2, 0.25) is 0 Å². The Balaban J connectivity index is 2.09. The van der Waals surface area contributed by atoms with Crippen molar-refractivity contribution in [3.63, 3.8) is 0 Å². The second-order valence-corrected chi connectivity index (χ2v) is 5.93. The maximum absolute atomic E-state index is 12.3. The predicted octanol–water partition coefficient (Wildman–Crippen LogP) is 3.43. The number of amides is 2. The van der Waals surface area contributed by atoms with E-state index in [0.29, 0.717) is 16.8 Å². The zero-order chi connectivity index (χ0) is 17.7. The Morgan fingerprint density at radius 3 is 2.25 bits per heavy atom. The van der Waals surface area contributed by atoms with Gasteiger partial charge in [-0.25, -0.2) is 0 Å². The second kappa shape index (κ2) is 7.64. The number of hydrogen-bond donors (Lipinski definition) is 1. The minimum absolute atomic E-state index is 0.0849. The number of carbonyl (C=O) groups is 2. The summed E-state index contributed by atoms with van der Waals surface area (Å²) >= 11 is 0. The average molecular weight is 326 g/mol. The van der Waals surface area contributed by atoms with Crippen LogP contribution < -0.4 is 10.1 Å². The summed E-state index contributed by atoms with van der Waals surface area (Å²) in [4.78, 5) is 25.8. The van der Waals surface area contributed by atoms with Crippen LogP contribution in [0.1, 0.15) is 34.6 Å². The molecule has 5 heteroatoms. The first-order chi connectivity index (χ1) is 11.4. The molecule has 0 aromatic heterocycles. The maximum atomic E-state index is 12.3. The number of nitrogens with one attached hydrogen (secondary N) is 1. The average Bonchev–Trinajstić information content (AvgIpc) is 2.54. The largest absolute Gasteiger partial charge is 0.491 e. The van der Waals surface area contributed by atoms with Crippen molar-refractivity contribution in [2.45, 2.75) is 20.0 Å². The number of anilines is 1. The van der Waals surface area contributed by atoms with Crippen LogP contribution >= 0.6 is 0 Å². The van der Waals surface area contributed by atoms with E-state index in [-0.39, 0.29) is 17.9 Å². The summed E-state index contributed by atoms with van der Waals surface area (Å²) in [5, 5.41) is 2.80. The minimum Gasteiger partial charge on any atom is -0.491 e. The van der Waals surface area contributed by atoms with E-state index in [1.54, 1.807) is 62.6 Å². The highest BCUT2D eigenvalue weighted by atomic mass is 16.5. The van der Waals surface area contributed by atoms with Crippen molar-refractivity contribution in [3.8, 4) is 5.75 Å². The molecule has 126 valence electrons. The fourth-order valence-electron chi connectivity index (χ4n) is 2.15. The van der Waals surface area contributed by atoms with Crippen molar-refractivity contribution in [2.24, 2.45) is 0 Å². The molecule has 0 unspecified atom stereocenters. The Kier molecular flexibility index (Phi) is 5.58. The Morgan fingerprint density at radius 2 is 1.67 bits per heavy atom. The molecule has 5 nitrogen and oxygen atoms in total. The summed E-state index contributed by atoms with van der Waals surface area (Å²) in [5.74, 6) is 0.377. The van der Waals surface area contributed by atoms with Crippen LogP contribution in [0, 0.1) is 0 Å². The van der Waals surface area contributed by atoms with Crippen molar-refractivity contribution in [1.29, 1.82) is 0 Å². The zero-order valence-corrected chi connectivity index (χ0v) is 14.4. The summed E-state index contributed by atoms with van der Waals surface area (Å²) in [6.45, 7) is 3.89. The molecule has 2 aromatic carbocycles. The lowest BCUT2D eigenvalue weighted by atomic mass is 10.1. The van der Waals surface area contributed by atoms with Gasteiger partial charge in [0.25, 0.3) is 11.8 Å². The molecule has 0 atom stereocenters. The van der Waals surface area contributed by atoms with Crippen LogP contribution in [0.3, 0.4) is 0 Å². The molecule has 0 fully saturated rings. The van der Waals surface area contributed by atoms with E-state index in [9.17, 15) is 9.59 Å². The lowest BCUT2D eigenvalue weighted by molar-refractivity contribution is 0.0827. The van der Waals surface area contributed by atoms with Gasteiger partial charge in [0, 0.05) is 30.9 Å². The van der Waals surface area contributed by atoms with Gasteiger partial charge in [0.05, 0.1) is 6.10 Å². The molecule has 0 radical (unpaired) electrons. The third-order valence-electron chi connectivity index (χ3n) is 3.26. The van der Waals surface area contributed by atoms with Gasteiger partial charge in [-0.1, -0.05) is 6.07 Å². The Labute approximate surface area is 142 Å². The van der Waals surface area contributed by atoms with Crippen LogP contribution in [0.25, 0.3) is 0 Å². The number of nitrogens with zero attached hydrogens (tertiary/aromatic N) is 1. The molecule has 0 spiro atoms. The number of ether oxygens (including phenoxy) is 1. The molecule has 0 aliphatic heterocycles. The van der Waals surface area contributed by atoms with Gasteiger partial charge in [-0.3, -0.25) is 9.59 Å². The zero-order valence-electron chi connectivity index (χ0n) is 14.4. The van der Waals surface area contributed by atoms with E-state index in [1.165, 1.54) is 4.90 Å². The molecular formula is C19H22N2O3. The van der Waals surface area contributed by atoms with Gasteiger partial charge in [-0.05, 0) is 56.3 Å². The summed E-state index contributed by atoms with van der Waals surface area (Å²) in [7, 11) is 3.38. The van der Waals surface area contributed by atoms with Gasteiger partial charge in [0.15, 0.2) is 0 Å². The van der Waals surface area contributed by atoms with E-state index in [4.69, 9.17) is 4.74 Å². The third kappa shape index (κ3) is 4.59. The molecular weight excluding hydrogens is 304 g/mol. The van der Waals surface area contributed by atoms with Crippen LogP contribution in [0.2, 0.25) is 0 Å². The van der Waals surface area contributed by atoms with E-state index in [0.717, 1.165) is 5.75 Å². The van der Waals surface area contributed by atoms with Crippen LogP contribution in [0.5, 0.6) is 5.75 Å². The van der Waals surface area contributed by atoms with Gasteiger partial charge < -0.3 is 15.0 Å². The molecule has 1 N–H and O–H groups in total. The standard InChI is InChI=1S/C19H22N2O3/c1-13(2)24-17-10-8-14(9-11-17)18(22)20-16-7-5-6-15(12-16)19(23)21(3)4/h5-13H,1-4H3,(H,20,22). The molecule has 0 saturated carbocycles. The van der Waals surface area contributed by atoms with E-state index in [2.05, 4.69) is 5.32 Å². The maximum Gasteiger partial charge on any atom is 0.255 e. The van der Waals surface area contributed by atoms with Crippen LogP contribution in [0.4, 0.5) is 5.69 Å². The quantitative estimate of drug-likeness (QED) is 0.916. The van der Waals surface area contributed by atoms with Crippen molar-refractivity contribution in [3.05, 3.63) is 59.7 Å². The molecule has 24 heavy (non-hydrogen) atoms. The van der Waals surface area contributed by atoms with Crippen molar-refractivity contribution in [2.75, 3.05) is 19.4 Å². The van der Waals surface area contributed by atoms with Crippen LogP contribution in [0.15, 0.2) is 48.5 Å². The van der Waals surface area contributed by atoms with Gasteiger partial charge in [0.1, 0.15) is 5.75 Å². The summed E-state index contributed by atoms with van der Waals surface area (Å²) in [5.41, 5.74) is 1.63. The highest BCUT2D eigenvalue weighted by Gasteiger charge is 2.11. The SMILES string of the molecule is CC(C)Oc1ccc(C(=O)Nc2cccc(C(=O)N(C)C)c2)cc1. The van der Waals surface area contributed by atoms with Gasteiger partial charge in [-0.15, -0.1) is 0 Å². The fraction of sp³-hybridized carbons (Fsp3) is 0.263. The van der Waals surface area contributed by atoms with Crippen LogP contribution in [-0.4, -0.2) is 36.9 Å². The number of carbonyl (C=O) groups excluding carboxylic acids is 2. The lowest BCUT2D eigenvalue weighted by Crippen LogP contribution is -2.21. The molecule has 0 bridgehead atoms. The number of hydrogen-bond acceptors (Lipinski definition) is 3. The fourth-order valence-corrected chi connectivity index (χ4v) is 2.15. The van der Waals surface area contributed by atoms with E-state index in [1.807, 2.05) is 13.8 Å². The van der Waals surface area contributed by atoms with E-state index < -0.39 is 0 Å². The Morgan fingerprint density at radius 1 is 1.00 bits per heavy atom. The summed E-state index contributed by atoms with van der Waals surface area (Å²) in [6, 6.07) is 13.8. The van der Waals surface area contributed by atoms with Crippen molar-refractivity contribution < 1.29 is 14.3 Å². The molecule has 0 aliphatic carbocycles.